The lowest BCUT2D eigenvalue weighted by molar-refractivity contribution is 0.774. The lowest BCUT2D eigenvalue weighted by Crippen LogP contribution is -2.01. The molecule has 0 spiro atoms. The van der Waals surface area contributed by atoms with E-state index >= 15 is 0 Å². The zero-order valence-electron chi connectivity index (χ0n) is 6.34. The summed E-state index contributed by atoms with van der Waals surface area (Å²) in [6.45, 7) is 0. The molecule has 0 atom stereocenters. The number of fused-ring (bicyclic) bond motifs is 1. The molecule has 5 heteroatoms. The molecule has 2 aromatic heterocycles. The SMILES string of the molecule is Cn1[nH]c(=O)c2cc(Br)cnc21. The molecule has 12 heavy (non-hydrogen) atoms. The van der Waals surface area contributed by atoms with Gasteiger partial charge in [-0.05, 0) is 22.0 Å². The van der Waals surface area contributed by atoms with Gasteiger partial charge in [0.1, 0.15) is 0 Å². The van der Waals surface area contributed by atoms with Gasteiger partial charge in [0.25, 0.3) is 5.56 Å². The molecular weight excluding hydrogens is 222 g/mol. The van der Waals surface area contributed by atoms with Crippen molar-refractivity contribution in [2.45, 2.75) is 0 Å². The average molecular weight is 228 g/mol. The van der Waals surface area contributed by atoms with Crippen molar-refractivity contribution in [3.8, 4) is 0 Å². The number of hydrogen-bond acceptors (Lipinski definition) is 2. The summed E-state index contributed by atoms with van der Waals surface area (Å²) in [7, 11) is 1.75. The minimum atomic E-state index is -0.110. The highest BCUT2D eigenvalue weighted by Gasteiger charge is 2.04. The summed E-state index contributed by atoms with van der Waals surface area (Å²) in [5, 5.41) is 3.22. The Morgan fingerprint density at radius 3 is 3.17 bits per heavy atom. The van der Waals surface area contributed by atoms with Crippen molar-refractivity contribution < 1.29 is 0 Å². The zero-order valence-corrected chi connectivity index (χ0v) is 7.92. The summed E-state index contributed by atoms with van der Waals surface area (Å²) in [6, 6.07) is 1.75. The Bertz CT molecular complexity index is 485. The molecule has 0 unspecified atom stereocenters. The predicted molar refractivity (Wildman–Crippen MR) is 49.0 cm³/mol. The molecule has 0 aliphatic rings. The molecule has 0 bridgehead atoms. The van der Waals surface area contributed by atoms with Crippen LogP contribution in [0.1, 0.15) is 0 Å². The second-order valence-corrected chi connectivity index (χ2v) is 3.44. The fourth-order valence-corrected chi connectivity index (χ4v) is 1.46. The first-order valence-corrected chi connectivity index (χ1v) is 4.18. The van der Waals surface area contributed by atoms with E-state index in [1.807, 2.05) is 0 Å². The lowest BCUT2D eigenvalue weighted by Gasteiger charge is -1.92. The van der Waals surface area contributed by atoms with Crippen LogP contribution in [0.15, 0.2) is 21.5 Å². The smallest absolute Gasteiger partial charge is 0.271 e. The van der Waals surface area contributed by atoms with E-state index in [-0.39, 0.29) is 5.56 Å². The number of hydrogen-bond donors (Lipinski definition) is 1. The number of halogens is 1. The number of rotatable bonds is 0. The van der Waals surface area contributed by atoms with Crippen molar-refractivity contribution >= 4 is 27.0 Å². The molecule has 2 heterocycles. The largest absolute Gasteiger partial charge is 0.273 e. The fraction of sp³-hybridized carbons (Fsp3) is 0.143. The molecule has 2 aromatic rings. The van der Waals surface area contributed by atoms with Gasteiger partial charge < -0.3 is 0 Å². The van der Waals surface area contributed by atoms with Crippen LogP contribution >= 0.6 is 15.9 Å². The highest BCUT2D eigenvalue weighted by atomic mass is 79.9. The number of H-pyrrole nitrogens is 1. The Morgan fingerprint density at radius 1 is 1.67 bits per heavy atom. The third-order valence-electron chi connectivity index (χ3n) is 1.66. The standard InChI is InChI=1S/C7H6BrN3O/c1-11-6-5(7(12)10-11)2-4(8)3-9-6/h2-3H,1H3,(H,10,12). The summed E-state index contributed by atoms with van der Waals surface area (Å²) in [5.41, 5.74) is 0.560. The molecule has 1 N–H and O–H groups in total. The quantitative estimate of drug-likeness (QED) is 0.731. The van der Waals surface area contributed by atoms with Gasteiger partial charge in [-0.25, -0.2) is 4.98 Å². The maximum Gasteiger partial charge on any atom is 0.273 e. The van der Waals surface area contributed by atoms with Crippen molar-refractivity contribution in [1.82, 2.24) is 14.8 Å². The molecule has 0 radical (unpaired) electrons. The molecule has 62 valence electrons. The van der Waals surface area contributed by atoms with Gasteiger partial charge >= 0.3 is 0 Å². The van der Waals surface area contributed by atoms with Gasteiger partial charge in [-0.15, -0.1) is 0 Å². The lowest BCUT2D eigenvalue weighted by atomic mass is 10.3. The van der Waals surface area contributed by atoms with Crippen LogP contribution < -0.4 is 5.56 Å². The zero-order chi connectivity index (χ0) is 8.72. The number of nitrogens with one attached hydrogen (secondary N) is 1. The third-order valence-corrected chi connectivity index (χ3v) is 2.10. The minimum Gasteiger partial charge on any atom is -0.271 e. The summed E-state index contributed by atoms with van der Waals surface area (Å²) in [5.74, 6) is 0. The van der Waals surface area contributed by atoms with E-state index in [4.69, 9.17) is 0 Å². The second kappa shape index (κ2) is 2.45. The Labute approximate surface area is 76.3 Å². The van der Waals surface area contributed by atoms with Crippen LogP contribution in [0.5, 0.6) is 0 Å². The molecule has 0 saturated heterocycles. The second-order valence-electron chi connectivity index (χ2n) is 2.52. The first-order chi connectivity index (χ1) is 5.68. The van der Waals surface area contributed by atoms with Crippen LogP contribution in [0.3, 0.4) is 0 Å². The minimum absolute atomic E-state index is 0.110. The monoisotopic (exact) mass is 227 g/mol. The molecule has 0 aliphatic heterocycles. The number of nitrogens with zero attached hydrogens (tertiary/aromatic N) is 2. The van der Waals surface area contributed by atoms with Crippen molar-refractivity contribution in [3.05, 3.63) is 27.1 Å². The topological polar surface area (TPSA) is 50.7 Å². The molecule has 0 amide bonds. The number of aryl methyl sites for hydroxylation is 1. The Kier molecular flexibility index (Phi) is 1.54. The van der Waals surface area contributed by atoms with Crippen LogP contribution in [0, 0.1) is 0 Å². The summed E-state index contributed by atoms with van der Waals surface area (Å²) in [4.78, 5) is 15.3. The average Bonchev–Trinajstić information content (AvgIpc) is 2.28. The van der Waals surface area contributed by atoms with E-state index in [0.29, 0.717) is 11.0 Å². The highest BCUT2D eigenvalue weighted by molar-refractivity contribution is 9.10. The molecule has 0 saturated carbocycles. The van der Waals surface area contributed by atoms with Gasteiger partial charge in [-0.2, -0.15) is 0 Å². The van der Waals surface area contributed by atoms with Crippen LogP contribution in [-0.2, 0) is 7.05 Å². The van der Waals surface area contributed by atoms with Crippen LogP contribution in [0.2, 0.25) is 0 Å². The van der Waals surface area contributed by atoms with Crippen LogP contribution in [0.25, 0.3) is 11.0 Å². The van der Waals surface area contributed by atoms with Crippen molar-refractivity contribution in [2.24, 2.45) is 7.05 Å². The van der Waals surface area contributed by atoms with E-state index in [1.165, 1.54) is 0 Å². The molecule has 0 aliphatic carbocycles. The van der Waals surface area contributed by atoms with Crippen molar-refractivity contribution in [3.63, 3.8) is 0 Å². The van der Waals surface area contributed by atoms with Crippen molar-refractivity contribution in [2.75, 3.05) is 0 Å². The number of pyridine rings is 1. The Morgan fingerprint density at radius 2 is 2.42 bits per heavy atom. The first-order valence-electron chi connectivity index (χ1n) is 3.39. The van der Waals surface area contributed by atoms with E-state index in [1.54, 1.807) is 24.0 Å². The molecule has 2 rings (SSSR count). The summed E-state index contributed by atoms with van der Waals surface area (Å²) < 4.78 is 2.41. The van der Waals surface area contributed by atoms with Gasteiger partial charge in [0, 0.05) is 17.7 Å². The van der Waals surface area contributed by atoms with Crippen LogP contribution in [-0.4, -0.2) is 14.8 Å². The van der Waals surface area contributed by atoms with Crippen molar-refractivity contribution in [1.29, 1.82) is 0 Å². The van der Waals surface area contributed by atoms with Gasteiger partial charge in [0.2, 0.25) is 0 Å². The molecular formula is C7H6BrN3O. The van der Waals surface area contributed by atoms with Gasteiger partial charge in [-0.3, -0.25) is 14.6 Å². The summed E-state index contributed by atoms with van der Waals surface area (Å²) >= 11 is 3.25. The van der Waals surface area contributed by atoms with E-state index in [9.17, 15) is 4.79 Å². The third kappa shape index (κ3) is 0.972. The Hall–Kier alpha value is -1.10. The van der Waals surface area contributed by atoms with Gasteiger partial charge in [0.15, 0.2) is 5.65 Å². The summed E-state index contributed by atoms with van der Waals surface area (Å²) in [6.07, 6.45) is 1.66. The van der Waals surface area contributed by atoms with E-state index < -0.39 is 0 Å². The maximum absolute atomic E-state index is 11.2. The molecule has 4 nitrogen and oxygen atoms in total. The molecule has 0 aromatic carbocycles. The molecule has 0 fully saturated rings. The van der Waals surface area contributed by atoms with E-state index in [0.717, 1.165) is 4.47 Å². The number of aromatic amines is 1. The predicted octanol–water partition coefficient (Wildman–Crippen LogP) is 1.02. The van der Waals surface area contributed by atoms with Crippen LogP contribution in [0.4, 0.5) is 0 Å². The normalized spacial score (nSPS) is 10.8. The fourth-order valence-electron chi connectivity index (χ4n) is 1.13. The Balaban J connectivity index is 3.00. The van der Waals surface area contributed by atoms with Gasteiger partial charge in [-0.1, -0.05) is 0 Å². The first kappa shape index (κ1) is 7.54. The van der Waals surface area contributed by atoms with Gasteiger partial charge in [0.05, 0.1) is 5.39 Å². The highest BCUT2D eigenvalue weighted by Crippen LogP contribution is 2.12. The number of aromatic nitrogens is 3. The van der Waals surface area contributed by atoms with E-state index in [2.05, 4.69) is 26.0 Å². The maximum atomic E-state index is 11.2.